The summed E-state index contributed by atoms with van der Waals surface area (Å²) in [6.45, 7) is 2.05. The molecule has 4 atom stereocenters. The number of esters is 1. The summed E-state index contributed by atoms with van der Waals surface area (Å²) in [5.41, 5.74) is 1.22. The second-order valence-corrected chi connectivity index (χ2v) is 6.53. The van der Waals surface area contributed by atoms with E-state index in [2.05, 4.69) is 18.3 Å². The Morgan fingerprint density at radius 3 is 2.52 bits per heavy atom. The summed E-state index contributed by atoms with van der Waals surface area (Å²) in [5.74, 6) is 0.377. The van der Waals surface area contributed by atoms with Crippen LogP contribution in [0.3, 0.4) is 0 Å². The van der Waals surface area contributed by atoms with Crippen molar-refractivity contribution in [1.29, 1.82) is 0 Å². The van der Waals surface area contributed by atoms with Crippen LogP contribution < -0.4 is 10.1 Å². The van der Waals surface area contributed by atoms with Gasteiger partial charge in [0.05, 0.1) is 14.2 Å². The van der Waals surface area contributed by atoms with Gasteiger partial charge >= 0.3 is 5.97 Å². The molecule has 1 fully saturated rings. The smallest absolute Gasteiger partial charge is 0.323 e. The van der Waals surface area contributed by atoms with Crippen molar-refractivity contribution in [2.24, 2.45) is 11.8 Å². The van der Waals surface area contributed by atoms with Crippen molar-refractivity contribution in [2.45, 2.75) is 25.4 Å². The number of piperidine rings is 1. The largest absolute Gasteiger partial charge is 0.497 e. The molecule has 1 N–H and O–H groups in total. The summed E-state index contributed by atoms with van der Waals surface area (Å²) in [6.07, 6.45) is 6.62. The maximum absolute atomic E-state index is 13.1. The number of Topliss-reactive ketones (excluding diaryl/α,β-unsaturated/α-hetero) is 1. The quantitative estimate of drug-likeness (QED) is 0.673. The molecule has 0 saturated carbocycles. The van der Waals surface area contributed by atoms with Crippen LogP contribution >= 0.6 is 0 Å². The molecule has 5 nitrogen and oxygen atoms in total. The van der Waals surface area contributed by atoms with Gasteiger partial charge in [-0.25, -0.2) is 0 Å². The van der Waals surface area contributed by atoms with Crippen molar-refractivity contribution in [1.82, 2.24) is 5.32 Å². The van der Waals surface area contributed by atoms with E-state index in [1.165, 1.54) is 7.11 Å². The molecule has 3 rings (SSSR count). The highest BCUT2D eigenvalue weighted by atomic mass is 16.5. The average Bonchev–Trinajstić information content (AvgIpc) is 2.84. The Morgan fingerprint density at radius 2 is 1.88 bits per heavy atom. The van der Waals surface area contributed by atoms with E-state index in [9.17, 15) is 9.59 Å². The number of ether oxygens (including phenoxy) is 2. The van der Waals surface area contributed by atoms with E-state index >= 15 is 0 Å². The molecule has 1 unspecified atom stereocenters. The Labute approximate surface area is 147 Å². The number of nitrogens with one attached hydrogen (secondary N) is 1. The van der Waals surface area contributed by atoms with Gasteiger partial charge in [-0.05, 0) is 43.5 Å². The third-order valence-corrected chi connectivity index (χ3v) is 5.12. The van der Waals surface area contributed by atoms with E-state index in [0.29, 0.717) is 16.9 Å². The minimum atomic E-state index is -0.510. The number of ketones is 1. The lowest BCUT2D eigenvalue weighted by atomic mass is 9.76. The van der Waals surface area contributed by atoms with Gasteiger partial charge in [-0.15, -0.1) is 0 Å². The molecular weight excluding hydrogens is 318 g/mol. The highest BCUT2D eigenvalue weighted by Crippen LogP contribution is 2.35. The molecule has 1 aromatic carbocycles. The number of allylic oxidation sites excluding steroid dienone is 2. The molecule has 25 heavy (non-hydrogen) atoms. The zero-order valence-electron chi connectivity index (χ0n) is 14.7. The van der Waals surface area contributed by atoms with Gasteiger partial charge in [0, 0.05) is 23.1 Å². The van der Waals surface area contributed by atoms with Gasteiger partial charge in [0.1, 0.15) is 11.8 Å². The second-order valence-electron chi connectivity index (χ2n) is 6.53. The van der Waals surface area contributed by atoms with Crippen molar-refractivity contribution in [3.05, 3.63) is 53.6 Å². The van der Waals surface area contributed by atoms with Crippen molar-refractivity contribution in [2.75, 3.05) is 14.2 Å². The fraction of sp³-hybridized carbons (Fsp3) is 0.400. The van der Waals surface area contributed by atoms with E-state index < -0.39 is 6.04 Å². The topological polar surface area (TPSA) is 64.6 Å². The minimum Gasteiger partial charge on any atom is -0.497 e. The molecule has 0 spiro atoms. The summed E-state index contributed by atoms with van der Waals surface area (Å²) >= 11 is 0. The van der Waals surface area contributed by atoms with Crippen LogP contribution in [0.2, 0.25) is 0 Å². The third kappa shape index (κ3) is 3.37. The number of hydrogen-bond acceptors (Lipinski definition) is 5. The first kappa shape index (κ1) is 17.4. The molecule has 1 aromatic rings. The molecule has 0 radical (unpaired) electrons. The monoisotopic (exact) mass is 341 g/mol. The lowest BCUT2D eigenvalue weighted by molar-refractivity contribution is -0.145. The molecule has 2 bridgehead atoms. The van der Waals surface area contributed by atoms with E-state index in [-0.39, 0.29) is 29.6 Å². The molecule has 0 aromatic heterocycles. The fourth-order valence-corrected chi connectivity index (χ4v) is 3.65. The van der Waals surface area contributed by atoms with Crippen molar-refractivity contribution in [3.63, 3.8) is 0 Å². The summed E-state index contributed by atoms with van der Waals surface area (Å²) in [6, 6.07) is 6.68. The number of rotatable bonds is 4. The van der Waals surface area contributed by atoms with E-state index in [1.807, 2.05) is 12.2 Å². The third-order valence-electron chi connectivity index (χ3n) is 5.12. The lowest BCUT2D eigenvalue weighted by Gasteiger charge is -2.38. The maximum Gasteiger partial charge on any atom is 0.323 e. The first-order chi connectivity index (χ1) is 12.0. The Morgan fingerprint density at radius 1 is 1.16 bits per heavy atom. The number of carbonyl (C=O) groups is 2. The van der Waals surface area contributed by atoms with E-state index in [1.54, 1.807) is 31.4 Å². The normalized spacial score (nSPS) is 27.9. The average molecular weight is 341 g/mol. The van der Waals surface area contributed by atoms with Gasteiger partial charge in [0.2, 0.25) is 0 Å². The minimum absolute atomic E-state index is 0.0665. The van der Waals surface area contributed by atoms with Crippen molar-refractivity contribution >= 4 is 11.8 Å². The molecule has 2 aliphatic rings. The Kier molecular flexibility index (Phi) is 5.04. The molecule has 0 amide bonds. The van der Waals surface area contributed by atoms with Crippen LogP contribution in [0.15, 0.2) is 48.1 Å². The van der Waals surface area contributed by atoms with Crippen molar-refractivity contribution in [3.8, 4) is 5.75 Å². The summed E-state index contributed by atoms with van der Waals surface area (Å²) in [5, 5.41) is 3.32. The molecule has 1 saturated heterocycles. The van der Waals surface area contributed by atoms with Gasteiger partial charge in [0.15, 0.2) is 5.78 Å². The zero-order valence-corrected chi connectivity index (χ0v) is 14.7. The highest BCUT2D eigenvalue weighted by Gasteiger charge is 2.42. The Balaban J connectivity index is 1.93. The van der Waals surface area contributed by atoms with Gasteiger partial charge in [-0.1, -0.05) is 18.2 Å². The Bertz CT molecular complexity index is 720. The molecule has 1 aliphatic heterocycles. The van der Waals surface area contributed by atoms with Crippen LogP contribution in [0.25, 0.3) is 0 Å². The lowest BCUT2D eigenvalue weighted by Crippen LogP contribution is -2.55. The Hall–Kier alpha value is -2.40. The second kappa shape index (κ2) is 7.23. The molecule has 1 heterocycles. The van der Waals surface area contributed by atoms with Crippen LogP contribution in [0.1, 0.15) is 23.7 Å². The van der Waals surface area contributed by atoms with Crippen molar-refractivity contribution < 1.29 is 19.1 Å². The number of methoxy groups -OCH3 is 2. The zero-order chi connectivity index (χ0) is 18.0. The first-order valence-electron chi connectivity index (χ1n) is 8.46. The highest BCUT2D eigenvalue weighted by molar-refractivity contribution is 6.09. The molecule has 1 aliphatic carbocycles. The standard InChI is InChI=1S/C20H23NO4/c1-12-14-5-4-6-16(17(11-14)18(21-12)20(23)25-3)19(22)13-7-9-15(24-2)10-8-13/h4-10,12,14,17-18,21H,11H2,1-3H3/t12-,14?,17+,18+/m1/s1. The summed E-state index contributed by atoms with van der Waals surface area (Å²) < 4.78 is 10.1. The SMILES string of the molecule is COC(=O)[C@H]1N[C@H](C)C2C=CC=C(C(=O)c3ccc(OC)cc3)[C@@H]1C2. The van der Waals surface area contributed by atoms with Gasteiger partial charge in [-0.2, -0.15) is 0 Å². The number of benzene rings is 1. The molecule has 5 heteroatoms. The molecular formula is C20H23NO4. The van der Waals surface area contributed by atoms with Gasteiger partial charge < -0.3 is 14.8 Å². The van der Waals surface area contributed by atoms with E-state index in [0.717, 1.165) is 6.42 Å². The van der Waals surface area contributed by atoms with Crippen LogP contribution in [0.4, 0.5) is 0 Å². The predicted molar refractivity (Wildman–Crippen MR) is 94.5 cm³/mol. The van der Waals surface area contributed by atoms with Crippen LogP contribution in [0.5, 0.6) is 5.75 Å². The number of carbonyl (C=O) groups excluding carboxylic acids is 2. The summed E-state index contributed by atoms with van der Waals surface area (Å²) in [7, 11) is 2.97. The van der Waals surface area contributed by atoms with Gasteiger partial charge in [0.25, 0.3) is 0 Å². The number of hydrogen-bond donors (Lipinski definition) is 1. The molecule has 132 valence electrons. The number of fused-ring (bicyclic) bond motifs is 2. The van der Waals surface area contributed by atoms with E-state index in [4.69, 9.17) is 9.47 Å². The van der Waals surface area contributed by atoms with Crippen LogP contribution in [-0.4, -0.2) is 38.1 Å². The van der Waals surface area contributed by atoms with Crippen LogP contribution in [-0.2, 0) is 9.53 Å². The maximum atomic E-state index is 13.1. The first-order valence-corrected chi connectivity index (χ1v) is 8.46. The summed E-state index contributed by atoms with van der Waals surface area (Å²) in [4.78, 5) is 25.3. The predicted octanol–water partition coefficient (Wildman–Crippen LogP) is 2.53. The fourth-order valence-electron chi connectivity index (χ4n) is 3.65. The van der Waals surface area contributed by atoms with Gasteiger partial charge in [-0.3, -0.25) is 9.59 Å². The van der Waals surface area contributed by atoms with Crippen LogP contribution in [0, 0.1) is 11.8 Å².